The molecule has 3 aromatic rings. The molecule has 0 saturated heterocycles. The molecule has 1 aromatic heterocycles. The quantitative estimate of drug-likeness (QED) is 0.693. The van der Waals surface area contributed by atoms with Crippen molar-refractivity contribution in [1.82, 2.24) is 10.3 Å². The van der Waals surface area contributed by atoms with Crippen LogP contribution < -0.4 is 14.8 Å². The van der Waals surface area contributed by atoms with Crippen LogP contribution in [-0.2, 0) is 4.79 Å². The lowest BCUT2D eigenvalue weighted by atomic mass is 10.1. The summed E-state index contributed by atoms with van der Waals surface area (Å²) in [6.07, 6.45) is 0. The van der Waals surface area contributed by atoms with Gasteiger partial charge in [-0.05, 0) is 30.3 Å². The van der Waals surface area contributed by atoms with E-state index in [1.807, 2.05) is 42.5 Å². The predicted molar refractivity (Wildman–Crippen MR) is 99.7 cm³/mol. The average molecular weight is 372 g/mol. The van der Waals surface area contributed by atoms with Gasteiger partial charge in [0.2, 0.25) is 5.91 Å². The summed E-state index contributed by atoms with van der Waals surface area (Å²) >= 11 is 3.06. The number of carbonyl (C=O) groups excluding carboxylic acids is 1. The minimum Gasteiger partial charge on any atom is -0.497 e. The molecule has 0 radical (unpaired) electrons. The Bertz CT molecular complexity index is 893. The molecule has 7 heteroatoms. The van der Waals surface area contributed by atoms with Gasteiger partial charge in [-0.15, -0.1) is 11.3 Å². The highest BCUT2D eigenvalue weighted by atomic mass is 32.2. The molecule has 0 bridgehead atoms. The fraction of sp³-hybridized carbons (Fsp3) is 0.222. The maximum absolute atomic E-state index is 12.3. The number of benzene rings is 2. The lowest BCUT2D eigenvalue weighted by Crippen LogP contribution is -2.30. The molecule has 2 aromatic carbocycles. The molecule has 1 amide bonds. The molecule has 1 atom stereocenters. The Labute approximate surface area is 153 Å². The summed E-state index contributed by atoms with van der Waals surface area (Å²) in [6.45, 7) is 0.444. The summed E-state index contributed by atoms with van der Waals surface area (Å²) in [5.74, 6) is 1.85. The van der Waals surface area contributed by atoms with Crippen molar-refractivity contribution in [3.8, 4) is 11.5 Å². The van der Waals surface area contributed by atoms with E-state index < -0.39 is 0 Å². The molecule has 0 saturated carbocycles. The Morgan fingerprint density at radius 1 is 1.40 bits per heavy atom. The van der Waals surface area contributed by atoms with Gasteiger partial charge in [-0.3, -0.25) is 4.79 Å². The van der Waals surface area contributed by atoms with Crippen molar-refractivity contribution >= 4 is 39.2 Å². The number of hydrogen-bond donors (Lipinski definition) is 1. The molecule has 1 aliphatic rings. The van der Waals surface area contributed by atoms with Crippen molar-refractivity contribution in [3.05, 3.63) is 48.0 Å². The lowest BCUT2D eigenvalue weighted by molar-refractivity contribution is -0.119. The molecule has 128 valence electrons. The number of methoxy groups -OCH3 is 1. The number of nitrogens with zero attached hydrogens (tertiary/aromatic N) is 1. The van der Waals surface area contributed by atoms with Gasteiger partial charge in [0.25, 0.3) is 0 Å². The normalized spacial score (nSPS) is 15.6. The predicted octanol–water partition coefficient (Wildman–Crippen LogP) is 3.65. The number of para-hydroxylation sites is 1. The van der Waals surface area contributed by atoms with Gasteiger partial charge in [0.05, 0.1) is 29.1 Å². The van der Waals surface area contributed by atoms with Crippen LogP contribution >= 0.6 is 23.1 Å². The summed E-state index contributed by atoms with van der Waals surface area (Å²) in [7, 11) is 1.62. The number of nitrogens with one attached hydrogen (secondary N) is 1. The van der Waals surface area contributed by atoms with Crippen LogP contribution in [0.15, 0.2) is 46.8 Å². The van der Waals surface area contributed by atoms with Crippen LogP contribution in [0, 0.1) is 0 Å². The standard InChI is InChI=1S/C18H16N2O3S2/c1-22-11-6-7-15-12(8-11)14(9-23-15)19-17(21)10-24-18-20-13-4-2-3-5-16(13)25-18/h2-8,14H,9-10H2,1H3,(H,19,21). The van der Waals surface area contributed by atoms with Gasteiger partial charge in [-0.2, -0.15) is 0 Å². The fourth-order valence-electron chi connectivity index (χ4n) is 2.72. The Hall–Kier alpha value is -2.25. The van der Waals surface area contributed by atoms with E-state index in [4.69, 9.17) is 9.47 Å². The first-order valence-electron chi connectivity index (χ1n) is 7.81. The van der Waals surface area contributed by atoms with Gasteiger partial charge in [-0.1, -0.05) is 23.9 Å². The highest BCUT2D eigenvalue weighted by Gasteiger charge is 2.26. The van der Waals surface area contributed by atoms with Gasteiger partial charge >= 0.3 is 0 Å². The maximum atomic E-state index is 12.3. The van der Waals surface area contributed by atoms with E-state index in [0.29, 0.717) is 12.4 Å². The van der Waals surface area contributed by atoms with Crippen LogP contribution in [0.5, 0.6) is 11.5 Å². The first-order valence-corrected chi connectivity index (χ1v) is 9.61. The van der Waals surface area contributed by atoms with Gasteiger partial charge in [0, 0.05) is 5.56 Å². The molecule has 1 N–H and O–H groups in total. The van der Waals surface area contributed by atoms with E-state index in [1.54, 1.807) is 18.4 Å². The molecule has 1 unspecified atom stereocenters. The van der Waals surface area contributed by atoms with Crippen LogP contribution in [-0.4, -0.2) is 30.4 Å². The van der Waals surface area contributed by atoms with E-state index in [1.165, 1.54) is 11.8 Å². The first-order chi connectivity index (χ1) is 12.2. The third-order valence-electron chi connectivity index (χ3n) is 3.93. The number of ether oxygens (including phenoxy) is 2. The van der Waals surface area contributed by atoms with Gasteiger partial charge in [0.15, 0.2) is 4.34 Å². The van der Waals surface area contributed by atoms with Crippen molar-refractivity contribution < 1.29 is 14.3 Å². The monoisotopic (exact) mass is 372 g/mol. The number of thiazole rings is 1. The highest BCUT2D eigenvalue weighted by molar-refractivity contribution is 8.01. The fourth-order valence-corrected chi connectivity index (χ4v) is 4.60. The molecule has 5 nitrogen and oxygen atoms in total. The van der Waals surface area contributed by atoms with Crippen molar-refractivity contribution in [1.29, 1.82) is 0 Å². The van der Waals surface area contributed by atoms with Crippen molar-refractivity contribution in [2.75, 3.05) is 19.5 Å². The number of thioether (sulfide) groups is 1. The van der Waals surface area contributed by atoms with Crippen molar-refractivity contribution in [2.45, 2.75) is 10.4 Å². The minimum atomic E-state index is -0.145. The van der Waals surface area contributed by atoms with E-state index in [-0.39, 0.29) is 11.9 Å². The SMILES string of the molecule is COc1ccc2c(c1)C(NC(=O)CSc1nc3ccccc3s1)CO2. The molecule has 0 aliphatic carbocycles. The topological polar surface area (TPSA) is 60.5 Å². The number of carbonyl (C=O) groups is 1. The second-order valence-electron chi connectivity index (χ2n) is 5.57. The zero-order valence-corrected chi connectivity index (χ0v) is 15.2. The first kappa shape index (κ1) is 16.2. The summed E-state index contributed by atoms with van der Waals surface area (Å²) in [5, 5.41) is 3.03. The largest absolute Gasteiger partial charge is 0.497 e. The molecule has 0 fully saturated rings. The smallest absolute Gasteiger partial charge is 0.231 e. The van der Waals surface area contributed by atoms with Crippen LogP contribution in [0.25, 0.3) is 10.2 Å². The second kappa shape index (κ2) is 6.93. The van der Waals surface area contributed by atoms with E-state index in [2.05, 4.69) is 10.3 Å². The Kier molecular flexibility index (Phi) is 4.50. The Morgan fingerprint density at radius 3 is 3.12 bits per heavy atom. The third-order valence-corrected chi connectivity index (χ3v) is 6.11. The zero-order chi connectivity index (χ0) is 17.2. The lowest BCUT2D eigenvalue weighted by Gasteiger charge is -2.11. The summed E-state index contributed by atoms with van der Waals surface area (Å²) in [4.78, 5) is 16.8. The maximum Gasteiger partial charge on any atom is 0.231 e. The van der Waals surface area contributed by atoms with Gasteiger partial charge in [0.1, 0.15) is 18.1 Å². The molecule has 25 heavy (non-hydrogen) atoms. The second-order valence-corrected chi connectivity index (χ2v) is 7.82. The van der Waals surface area contributed by atoms with Crippen molar-refractivity contribution in [2.24, 2.45) is 0 Å². The Morgan fingerprint density at radius 2 is 2.28 bits per heavy atom. The summed E-state index contributed by atoms with van der Waals surface area (Å²) in [6, 6.07) is 13.5. The number of fused-ring (bicyclic) bond motifs is 2. The molecule has 1 aliphatic heterocycles. The summed E-state index contributed by atoms with van der Waals surface area (Å²) < 4.78 is 12.9. The third kappa shape index (κ3) is 3.43. The summed E-state index contributed by atoms with van der Waals surface area (Å²) in [5.41, 5.74) is 1.93. The van der Waals surface area contributed by atoms with E-state index in [9.17, 15) is 4.79 Å². The molecule has 4 rings (SSSR count). The minimum absolute atomic E-state index is 0.0338. The molecular weight excluding hydrogens is 356 g/mol. The number of amides is 1. The van der Waals surface area contributed by atoms with E-state index in [0.717, 1.165) is 31.6 Å². The number of hydrogen-bond acceptors (Lipinski definition) is 6. The van der Waals surface area contributed by atoms with Crippen LogP contribution in [0.4, 0.5) is 0 Å². The number of aromatic nitrogens is 1. The molecule has 2 heterocycles. The van der Waals surface area contributed by atoms with Crippen molar-refractivity contribution in [3.63, 3.8) is 0 Å². The Balaban J connectivity index is 1.38. The van der Waals surface area contributed by atoms with Crippen LogP contribution in [0.2, 0.25) is 0 Å². The highest BCUT2D eigenvalue weighted by Crippen LogP contribution is 2.35. The number of rotatable bonds is 5. The van der Waals surface area contributed by atoms with Gasteiger partial charge in [-0.25, -0.2) is 4.98 Å². The van der Waals surface area contributed by atoms with Gasteiger partial charge < -0.3 is 14.8 Å². The zero-order valence-electron chi connectivity index (χ0n) is 13.5. The molecule has 0 spiro atoms. The van der Waals surface area contributed by atoms with E-state index >= 15 is 0 Å². The van der Waals surface area contributed by atoms with Crippen LogP contribution in [0.3, 0.4) is 0 Å². The average Bonchev–Trinajstić information content (AvgIpc) is 3.23. The molecular formula is C18H16N2O3S2. The van der Waals surface area contributed by atoms with Crippen LogP contribution in [0.1, 0.15) is 11.6 Å².